The first-order valence-corrected chi connectivity index (χ1v) is 47.0. The van der Waals surface area contributed by atoms with Crippen molar-refractivity contribution in [3.8, 4) is 34.1 Å². The van der Waals surface area contributed by atoms with Crippen LogP contribution in [0.5, 0.6) is 23.0 Å². The second-order valence-corrected chi connectivity index (χ2v) is 39.0. The van der Waals surface area contributed by atoms with Crippen LogP contribution in [0.1, 0.15) is 137 Å². The molecule has 6 aliphatic rings. The molecule has 25 nitrogen and oxygen atoms in total. The van der Waals surface area contributed by atoms with Crippen LogP contribution in [0.3, 0.4) is 0 Å². The van der Waals surface area contributed by atoms with Crippen LogP contribution in [0, 0.1) is 37.5 Å². The molecule has 125 heavy (non-hydrogen) atoms. The van der Waals surface area contributed by atoms with E-state index in [-0.39, 0.29) is 68.0 Å². The maximum atomic E-state index is 14.0. The fraction of sp³-hybridized carbons (Fsp3) is 0.375. The minimum Gasteiger partial charge on any atom is -0.456 e. The number of H-pyrrole nitrogens is 1. The van der Waals surface area contributed by atoms with Gasteiger partial charge in [-0.3, -0.25) is 39.6 Å². The number of nitro benzene ring substituents is 2. The van der Waals surface area contributed by atoms with Gasteiger partial charge >= 0.3 is 0 Å². The van der Waals surface area contributed by atoms with Crippen LogP contribution >= 0.6 is 23.2 Å². The summed E-state index contributed by atoms with van der Waals surface area (Å²) in [5, 5.41) is 33.1. The number of aromatic nitrogens is 1. The number of nitro groups is 2. The average molecular weight is 1770 g/mol. The first kappa shape index (κ1) is 89.0. The molecule has 10 aromatic rings. The lowest BCUT2D eigenvalue weighted by atomic mass is 9.72. The molecule has 5 N–H and O–H groups in total. The van der Waals surface area contributed by atoms with Crippen molar-refractivity contribution in [3.05, 3.63) is 264 Å². The number of aromatic amines is 1. The van der Waals surface area contributed by atoms with Crippen molar-refractivity contribution in [1.29, 1.82) is 0 Å². The molecule has 2 amide bonds. The first-order valence-electron chi connectivity index (χ1n) is 43.3. The van der Waals surface area contributed by atoms with Crippen molar-refractivity contribution in [1.82, 2.24) is 29.1 Å². The quantitative estimate of drug-likeness (QED) is 0.0225. The van der Waals surface area contributed by atoms with Crippen LogP contribution in [-0.4, -0.2) is 162 Å². The van der Waals surface area contributed by atoms with Gasteiger partial charge in [-0.2, -0.15) is 0 Å². The molecule has 4 saturated heterocycles. The van der Waals surface area contributed by atoms with E-state index in [1.165, 1.54) is 77.8 Å². The minimum atomic E-state index is -4.54. The van der Waals surface area contributed by atoms with Gasteiger partial charge in [0, 0.05) is 173 Å². The molecular weight excluding hydrogens is 1660 g/mol. The lowest BCUT2D eigenvalue weighted by Crippen LogP contribution is -2.53. The smallest absolute Gasteiger partial charge is 0.293 e. The number of piperidine rings is 1. The number of nitrogens with one attached hydrogen (secondary N) is 5. The highest BCUT2D eigenvalue weighted by Crippen LogP contribution is 2.45. The van der Waals surface area contributed by atoms with Crippen molar-refractivity contribution in [3.63, 3.8) is 0 Å². The molecule has 2 aliphatic carbocycles. The molecule has 0 spiro atoms. The number of nitrogens with zero attached hydrogens (tertiary/aromatic N) is 7. The number of ether oxygens (including phenoxy) is 3. The SMILES string of the molecule is CC(C)CC1CN(c2ccc(C(=O)NS(=O)(=O)c3ccc(NCC4CCOCC4)c([N+](=O)[O-])c3)c(Oc3ccccc3)c2)CCN1Cc1ccccc1-c1ccc(Cl)cc1.CC1(C)CCC(CN2CCN(c3ccc(C(=O)NS(=O)(=O)c4ccc(NC5CCN(C6CCCC6)CC5)c([N+](=O)[O-])c4)c(Oc4ccc5[nH]ccc5c4)c3)CC2)=C(c2ccc(Cl)cc2)C1. The number of fused-ring (bicyclic) bond motifs is 1. The van der Waals surface area contributed by atoms with Crippen LogP contribution < -0.4 is 39.4 Å². The molecule has 4 aliphatic heterocycles. The van der Waals surface area contributed by atoms with Crippen LogP contribution in [0.4, 0.5) is 34.1 Å². The fourth-order valence-corrected chi connectivity index (χ4v) is 20.3. The maximum absolute atomic E-state index is 14.0. The van der Waals surface area contributed by atoms with Crippen molar-refractivity contribution in [2.45, 2.75) is 139 Å². The Balaban J connectivity index is 0.000000194. The highest BCUT2D eigenvalue weighted by molar-refractivity contribution is 7.90. The number of carbonyl (C=O) groups excluding carboxylic acids is 2. The van der Waals surface area contributed by atoms with Crippen molar-refractivity contribution in [2.24, 2.45) is 17.3 Å². The molecule has 29 heteroatoms. The number of hydrogen-bond acceptors (Lipinski definition) is 20. The van der Waals surface area contributed by atoms with Gasteiger partial charge in [0.05, 0.1) is 30.8 Å². The van der Waals surface area contributed by atoms with Crippen LogP contribution in [0.15, 0.2) is 222 Å². The van der Waals surface area contributed by atoms with E-state index in [0.29, 0.717) is 54.8 Å². The number of piperazine rings is 2. The van der Waals surface area contributed by atoms with Gasteiger partial charge in [-0.25, -0.2) is 26.3 Å². The summed E-state index contributed by atoms with van der Waals surface area (Å²) < 4.78 is 77.3. The van der Waals surface area contributed by atoms with Gasteiger partial charge in [0.2, 0.25) is 0 Å². The summed E-state index contributed by atoms with van der Waals surface area (Å²) in [6.07, 6.45) is 14.3. The molecule has 9 aromatic carbocycles. The van der Waals surface area contributed by atoms with Gasteiger partial charge in [-0.1, -0.05) is 136 Å². The third-order valence-electron chi connectivity index (χ3n) is 25.0. The number of amides is 2. The zero-order chi connectivity index (χ0) is 87.5. The number of likely N-dealkylation sites (tertiary alicyclic amines) is 1. The monoisotopic (exact) mass is 1770 g/mol. The normalized spacial score (nSPS) is 17.8. The van der Waals surface area contributed by atoms with E-state index in [1.807, 2.05) is 60.8 Å². The van der Waals surface area contributed by atoms with Gasteiger partial charge in [0.15, 0.2) is 0 Å². The number of para-hydroxylation sites is 1. The van der Waals surface area contributed by atoms with Gasteiger partial charge in [0.1, 0.15) is 34.4 Å². The Morgan fingerprint density at radius 1 is 0.600 bits per heavy atom. The Morgan fingerprint density at radius 3 is 1.82 bits per heavy atom. The standard InChI is InChI=1S/C50H58ClN7O6S.C46H50ClN5O7S/c1-50(2)21-17-36(44(32-50)34-7-9-37(51)10-8-34)33-55-25-27-57(28-26-55)40-11-14-43(48(30-40)64-41-12-15-45-35(29-41)18-22-52-45)49(59)54-65(62,63)42-13-16-46(47(31-42)58(60)61)53-38-19-23-56(24-20-38)39-5-3-4-6-39;1-32(2)26-38-31-51(23-22-50(38)30-35-8-6-7-11-41(35)34-12-14-36(47)15-13-34)37-16-18-42(45(27-37)59-39-9-4-3-5-10-39)46(53)49-60(56,57)40-17-19-43(44(28-40)52(54)55)48-29-33-20-24-58-25-21-33/h7-16,18,22,29-31,38-39,52-53H,3-6,17,19-21,23-28,32-33H2,1-2H3,(H,54,59);3-19,27-28,32-33,38,48H,20-26,29-31H2,1-2H3,(H,49,53). The van der Waals surface area contributed by atoms with E-state index in [9.17, 15) is 46.7 Å². The minimum absolute atomic E-state index is 0.00347. The van der Waals surface area contributed by atoms with Gasteiger partial charge in [-0.05, 0) is 218 Å². The summed E-state index contributed by atoms with van der Waals surface area (Å²) in [5.74, 6) is 0.161. The van der Waals surface area contributed by atoms with Gasteiger partial charge in [0.25, 0.3) is 43.2 Å². The third kappa shape index (κ3) is 22.5. The van der Waals surface area contributed by atoms with E-state index < -0.39 is 52.3 Å². The Labute approximate surface area is 741 Å². The number of halogens is 2. The number of sulfonamides is 2. The van der Waals surface area contributed by atoms with E-state index >= 15 is 0 Å². The number of anilines is 4. The second kappa shape index (κ2) is 39.8. The number of benzene rings is 9. The van der Waals surface area contributed by atoms with Gasteiger partial charge < -0.3 is 44.5 Å². The summed E-state index contributed by atoms with van der Waals surface area (Å²) in [6, 6.07) is 59.5. The number of rotatable bonds is 28. The summed E-state index contributed by atoms with van der Waals surface area (Å²) in [7, 11) is -9.08. The van der Waals surface area contributed by atoms with E-state index in [0.717, 1.165) is 162 Å². The molecule has 5 fully saturated rings. The highest BCUT2D eigenvalue weighted by Gasteiger charge is 2.36. The lowest BCUT2D eigenvalue weighted by molar-refractivity contribution is -0.384. The fourth-order valence-electron chi connectivity index (χ4n) is 18.1. The predicted molar refractivity (Wildman–Crippen MR) is 493 cm³/mol. The average Bonchev–Trinajstić information content (AvgIpc) is 1.10. The second-order valence-electron chi connectivity index (χ2n) is 34.7. The third-order valence-corrected chi connectivity index (χ3v) is 28.2. The zero-order valence-electron chi connectivity index (χ0n) is 70.9. The van der Waals surface area contributed by atoms with E-state index in [4.69, 9.17) is 37.4 Å². The topological polar surface area (TPSA) is 297 Å². The van der Waals surface area contributed by atoms with Crippen molar-refractivity contribution in [2.75, 3.05) is 106 Å². The van der Waals surface area contributed by atoms with Crippen LogP contribution in [0.25, 0.3) is 27.6 Å². The zero-order valence-corrected chi connectivity index (χ0v) is 74.1. The number of allylic oxidation sites excluding steroid dienone is 1. The summed E-state index contributed by atoms with van der Waals surface area (Å²) in [6.45, 7) is 19.8. The molecular formula is C96H108Cl2N12O13S2. The number of hydrogen-bond donors (Lipinski definition) is 5. The van der Waals surface area contributed by atoms with E-state index in [2.05, 4.69) is 126 Å². The van der Waals surface area contributed by atoms with Crippen molar-refractivity contribution >= 4 is 106 Å². The largest absolute Gasteiger partial charge is 0.456 e. The molecule has 0 bridgehead atoms. The molecule has 656 valence electrons. The molecule has 5 heterocycles. The molecule has 1 saturated carbocycles. The molecule has 16 rings (SSSR count). The summed E-state index contributed by atoms with van der Waals surface area (Å²) in [5.41, 5.74) is 10.2. The Bertz CT molecular complexity index is 5800. The maximum Gasteiger partial charge on any atom is 0.293 e. The van der Waals surface area contributed by atoms with Crippen LogP contribution in [0.2, 0.25) is 10.0 Å². The summed E-state index contributed by atoms with van der Waals surface area (Å²) in [4.78, 5) is 65.5. The molecule has 0 radical (unpaired) electrons. The molecule has 1 unspecified atom stereocenters. The Hall–Kier alpha value is -10.9. The number of carbonyl (C=O) groups is 2. The van der Waals surface area contributed by atoms with Crippen LogP contribution in [-0.2, 0) is 31.3 Å². The van der Waals surface area contributed by atoms with Crippen molar-refractivity contribution < 1.29 is 50.5 Å². The Morgan fingerprint density at radius 2 is 1.18 bits per heavy atom. The predicted octanol–water partition coefficient (Wildman–Crippen LogP) is 19.6. The Kier molecular flexibility index (Phi) is 28.3. The first-order chi connectivity index (χ1) is 60.2. The highest BCUT2D eigenvalue weighted by atomic mass is 35.5. The molecule has 1 aromatic heterocycles. The lowest BCUT2D eigenvalue weighted by Gasteiger charge is -2.43. The summed E-state index contributed by atoms with van der Waals surface area (Å²) >= 11 is 12.5. The molecule has 1 atom stereocenters. The van der Waals surface area contributed by atoms with E-state index in [1.54, 1.807) is 60.7 Å². The van der Waals surface area contributed by atoms with Gasteiger partial charge in [-0.15, -0.1) is 0 Å².